The zero-order valence-corrected chi connectivity index (χ0v) is 14.9. The Labute approximate surface area is 146 Å². The van der Waals surface area contributed by atoms with Crippen molar-refractivity contribution in [2.75, 3.05) is 31.1 Å². The highest BCUT2D eigenvalue weighted by Crippen LogP contribution is 2.24. The molecule has 0 atom stereocenters. The molecule has 0 saturated carbocycles. The molecule has 5 nitrogen and oxygen atoms in total. The fourth-order valence-electron chi connectivity index (χ4n) is 3.14. The van der Waals surface area contributed by atoms with E-state index in [4.69, 9.17) is 4.98 Å². The van der Waals surface area contributed by atoms with E-state index < -0.39 is 0 Å². The topological polar surface area (TPSA) is 45.2 Å². The second-order valence-corrected chi connectivity index (χ2v) is 7.36. The van der Waals surface area contributed by atoms with Crippen molar-refractivity contribution in [2.24, 2.45) is 0 Å². The molecule has 6 heteroatoms. The van der Waals surface area contributed by atoms with Gasteiger partial charge in [0.05, 0.1) is 16.8 Å². The Balaban J connectivity index is 1.41. The third-order valence-corrected chi connectivity index (χ3v) is 5.70. The molecule has 2 aromatic heterocycles. The van der Waals surface area contributed by atoms with Gasteiger partial charge in [-0.2, -0.15) is 0 Å². The SMILES string of the molecule is Cc1ncnc(N2CCN(Cc3nc4ccccc4s3)CC2)c1C. The molecule has 1 fully saturated rings. The standard InChI is InChI=1S/C18H21N5S/c1-13-14(2)19-12-20-18(13)23-9-7-22(8-10-23)11-17-21-15-5-3-4-6-16(15)24-17/h3-6,12H,7-11H2,1-2H3. The summed E-state index contributed by atoms with van der Waals surface area (Å²) in [5.74, 6) is 1.09. The minimum atomic E-state index is 0.939. The van der Waals surface area contributed by atoms with Crippen LogP contribution in [0.3, 0.4) is 0 Å². The number of aryl methyl sites for hydroxylation is 1. The predicted molar refractivity (Wildman–Crippen MR) is 98.6 cm³/mol. The summed E-state index contributed by atoms with van der Waals surface area (Å²) in [6.45, 7) is 9.18. The van der Waals surface area contributed by atoms with Crippen molar-refractivity contribution in [1.82, 2.24) is 19.9 Å². The number of anilines is 1. The Morgan fingerprint density at radius 2 is 1.83 bits per heavy atom. The van der Waals surface area contributed by atoms with Crippen molar-refractivity contribution in [3.8, 4) is 0 Å². The van der Waals surface area contributed by atoms with Gasteiger partial charge in [0, 0.05) is 37.4 Å². The molecule has 1 aromatic carbocycles. The molecule has 0 unspecified atom stereocenters. The van der Waals surface area contributed by atoms with Crippen molar-refractivity contribution < 1.29 is 0 Å². The first kappa shape index (κ1) is 15.5. The summed E-state index contributed by atoms with van der Waals surface area (Å²) in [6, 6.07) is 8.37. The maximum atomic E-state index is 4.75. The first-order valence-electron chi connectivity index (χ1n) is 8.30. The number of nitrogens with zero attached hydrogens (tertiary/aromatic N) is 5. The molecule has 124 valence electrons. The van der Waals surface area contributed by atoms with Crippen LogP contribution in [0.5, 0.6) is 0 Å². The van der Waals surface area contributed by atoms with Crippen LogP contribution in [0.2, 0.25) is 0 Å². The summed E-state index contributed by atoms with van der Waals surface area (Å²) in [4.78, 5) is 18.4. The van der Waals surface area contributed by atoms with Crippen LogP contribution in [0.15, 0.2) is 30.6 Å². The molecule has 0 bridgehead atoms. The molecule has 4 rings (SSSR count). The van der Waals surface area contributed by atoms with E-state index in [0.717, 1.165) is 49.8 Å². The van der Waals surface area contributed by atoms with Gasteiger partial charge in [-0.3, -0.25) is 4.90 Å². The van der Waals surface area contributed by atoms with E-state index in [1.54, 1.807) is 17.7 Å². The molecule has 1 aliphatic rings. The number of para-hydroxylation sites is 1. The normalized spacial score (nSPS) is 16.0. The maximum Gasteiger partial charge on any atom is 0.135 e. The van der Waals surface area contributed by atoms with Crippen LogP contribution < -0.4 is 4.90 Å². The number of piperazine rings is 1. The van der Waals surface area contributed by atoms with E-state index in [2.05, 4.69) is 51.0 Å². The highest BCUT2D eigenvalue weighted by molar-refractivity contribution is 7.18. The van der Waals surface area contributed by atoms with Gasteiger partial charge >= 0.3 is 0 Å². The van der Waals surface area contributed by atoms with E-state index in [1.165, 1.54) is 15.3 Å². The number of hydrogen-bond acceptors (Lipinski definition) is 6. The van der Waals surface area contributed by atoms with Crippen molar-refractivity contribution in [1.29, 1.82) is 0 Å². The van der Waals surface area contributed by atoms with Gasteiger partial charge in [0.2, 0.25) is 0 Å². The lowest BCUT2D eigenvalue weighted by Crippen LogP contribution is -2.46. The summed E-state index contributed by atoms with van der Waals surface area (Å²) in [6.07, 6.45) is 1.67. The molecule has 0 N–H and O–H groups in total. The van der Waals surface area contributed by atoms with Crippen molar-refractivity contribution in [3.05, 3.63) is 46.9 Å². The first-order valence-corrected chi connectivity index (χ1v) is 9.12. The Morgan fingerprint density at radius 1 is 1.04 bits per heavy atom. The Bertz CT molecular complexity index is 818. The average molecular weight is 339 g/mol. The third kappa shape index (κ3) is 2.99. The molecule has 1 saturated heterocycles. The molecule has 0 radical (unpaired) electrons. The van der Waals surface area contributed by atoms with Crippen LogP contribution in [0.25, 0.3) is 10.2 Å². The van der Waals surface area contributed by atoms with E-state index in [9.17, 15) is 0 Å². The molecule has 24 heavy (non-hydrogen) atoms. The van der Waals surface area contributed by atoms with Crippen LogP contribution in [0.4, 0.5) is 5.82 Å². The monoisotopic (exact) mass is 339 g/mol. The second-order valence-electron chi connectivity index (χ2n) is 6.25. The van der Waals surface area contributed by atoms with Gasteiger partial charge in [-0.25, -0.2) is 15.0 Å². The molecular formula is C18H21N5S. The molecule has 1 aliphatic heterocycles. The minimum absolute atomic E-state index is 0.939. The fourth-order valence-corrected chi connectivity index (χ4v) is 4.15. The number of rotatable bonds is 3. The molecule has 3 aromatic rings. The number of hydrogen-bond donors (Lipinski definition) is 0. The molecule has 0 spiro atoms. The Morgan fingerprint density at radius 3 is 2.62 bits per heavy atom. The summed E-state index contributed by atoms with van der Waals surface area (Å²) in [7, 11) is 0. The molecule has 0 aliphatic carbocycles. The van der Waals surface area contributed by atoms with Gasteiger partial charge in [-0.05, 0) is 26.0 Å². The van der Waals surface area contributed by atoms with Gasteiger partial charge in [0.1, 0.15) is 17.2 Å². The summed E-state index contributed by atoms with van der Waals surface area (Å²) < 4.78 is 1.28. The summed E-state index contributed by atoms with van der Waals surface area (Å²) >= 11 is 1.81. The molecule has 3 heterocycles. The van der Waals surface area contributed by atoms with Crippen LogP contribution in [-0.4, -0.2) is 46.0 Å². The van der Waals surface area contributed by atoms with Crippen LogP contribution in [-0.2, 0) is 6.54 Å². The third-order valence-electron chi connectivity index (χ3n) is 4.68. The van der Waals surface area contributed by atoms with E-state index in [0.29, 0.717) is 0 Å². The van der Waals surface area contributed by atoms with Gasteiger partial charge in [0.15, 0.2) is 0 Å². The predicted octanol–water partition coefficient (Wildman–Crippen LogP) is 3.03. The summed E-state index contributed by atoms with van der Waals surface area (Å²) in [5, 5.41) is 1.21. The van der Waals surface area contributed by atoms with Crippen LogP contribution in [0, 0.1) is 13.8 Å². The summed E-state index contributed by atoms with van der Waals surface area (Å²) in [5.41, 5.74) is 3.37. The highest BCUT2D eigenvalue weighted by Gasteiger charge is 2.21. The zero-order chi connectivity index (χ0) is 16.5. The lowest BCUT2D eigenvalue weighted by molar-refractivity contribution is 0.249. The van der Waals surface area contributed by atoms with Crippen molar-refractivity contribution >= 4 is 27.4 Å². The van der Waals surface area contributed by atoms with E-state index in [-0.39, 0.29) is 0 Å². The Kier molecular flexibility index (Phi) is 4.16. The van der Waals surface area contributed by atoms with Gasteiger partial charge in [-0.1, -0.05) is 12.1 Å². The van der Waals surface area contributed by atoms with Crippen LogP contribution in [0.1, 0.15) is 16.3 Å². The van der Waals surface area contributed by atoms with E-state index in [1.807, 2.05) is 6.92 Å². The van der Waals surface area contributed by atoms with Gasteiger partial charge in [-0.15, -0.1) is 11.3 Å². The zero-order valence-electron chi connectivity index (χ0n) is 14.1. The van der Waals surface area contributed by atoms with Crippen LogP contribution >= 0.6 is 11.3 Å². The number of fused-ring (bicyclic) bond motifs is 1. The molecular weight excluding hydrogens is 318 g/mol. The van der Waals surface area contributed by atoms with E-state index >= 15 is 0 Å². The minimum Gasteiger partial charge on any atom is -0.354 e. The fraction of sp³-hybridized carbons (Fsp3) is 0.389. The quantitative estimate of drug-likeness (QED) is 0.734. The smallest absolute Gasteiger partial charge is 0.135 e. The maximum absolute atomic E-state index is 4.75. The number of thiazole rings is 1. The number of aromatic nitrogens is 3. The number of benzene rings is 1. The van der Waals surface area contributed by atoms with Crippen molar-refractivity contribution in [2.45, 2.75) is 20.4 Å². The van der Waals surface area contributed by atoms with Crippen molar-refractivity contribution in [3.63, 3.8) is 0 Å². The van der Waals surface area contributed by atoms with Gasteiger partial charge < -0.3 is 4.90 Å². The molecule has 0 amide bonds. The second kappa shape index (κ2) is 6.45. The Hall–Kier alpha value is -2.05. The largest absolute Gasteiger partial charge is 0.354 e. The lowest BCUT2D eigenvalue weighted by Gasteiger charge is -2.35. The average Bonchev–Trinajstić information content (AvgIpc) is 3.00. The van der Waals surface area contributed by atoms with Gasteiger partial charge in [0.25, 0.3) is 0 Å². The first-order chi connectivity index (χ1) is 11.7. The highest BCUT2D eigenvalue weighted by atomic mass is 32.1. The lowest BCUT2D eigenvalue weighted by atomic mass is 10.2.